The lowest BCUT2D eigenvalue weighted by molar-refractivity contribution is -0.129. The normalized spacial score (nSPS) is 50.6. The quantitative estimate of drug-likeness (QED) is 0.681. The molecule has 0 aliphatic heterocycles. The van der Waals surface area contributed by atoms with Gasteiger partial charge in [-0.3, -0.25) is 9.59 Å². The molecule has 0 radical (unpaired) electrons. The van der Waals surface area contributed by atoms with E-state index in [2.05, 4.69) is 20.8 Å². The summed E-state index contributed by atoms with van der Waals surface area (Å²) in [4.78, 5) is 24.3. The van der Waals surface area contributed by atoms with E-state index in [0.717, 1.165) is 31.1 Å². The van der Waals surface area contributed by atoms with Crippen LogP contribution in [0.5, 0.6) is 0 Å². The second-order valence-corrected chi connectivity index (χ2v) is 9.81. The van der Waals surface area contributed by atoms with Crippen molar-refractivity contribution in [1.82, 2.24) is 0 Å². The molecule has 0 aromatic heterocycles. The molecule has 0 amide bonds. The maximum Gasteiger partial charge on any atom is 0.155 e. The lowest BCUT2D eigenvalue weighted by Gasteiger charge is -2.58. The van der Waals surface area contributed by atoms with Crippen molar-refractivity contribution in [2.45, 2.75) is 72.6 Å². The van der Waals surface area contributed by atoms with Crippen molar-refractivity contribution < 1.29 is 9.59 Å². The molecule has 0 saturated heterocycles. The molecule has 3 fully saturated rings. The summed E-state index contributed by atoms with van der Waals surface area (Å²) in [6, 6.07) is 0. The van der Waals surface area contributed by atoms with Crippen LogP contribution in [0, 0.1) is 40.4 Å². The summed E-state index contributed by atoms with van der Waals surface area (Å²) in [5.74, 6) is 3.74. The first-order chi connectivity index (χ1) is 11.3. The monoisotopic (exact) mass is 328 g/mol. The number of rotatable bonds is 1. The Balaban J connectivity index is 1.69. The minimum absolute atomic E-state index is 0.217. The average Bonchev–Trinajstić information content (AvgIpc) is 2.78. The predicted octanol–water partition coefficient (Wildman–Crippen LogP) is 4.97. The predicted molar refractivity (Wildman–Crippen MR) is 95.4 cm³/mol. The van der Waals surface area contributed by atoms with E-state index in [-0.39, 0.29) is 16.7 Å². The standard InChI is InChI=1S/C22H32O2/c1-13-11-19-17-6-5-15-12-16(24)7-9-21(15,3)18(17)8-10-22(19,4)20(13)14(2)23/h12-13,17-20H,5-11H2,1-4H3/t13-,17+,18-,19-,20+,21-,22-/m0/s1. The first-order valence-corrected chi connectivity index (χ1v) is 10.0. The molecule has 0 bridgehead atoms. The van der Waals surface area contributed by atoms with E-state index in [1.54, 1.807) is 0 Å². The lowest BCUT2D eigenvalue weighted by Crippen LogP contribution is -2.51. The topological polar surface area (TPSA) is 34.1 Å². The van der Waals surface area contributed by atoms with Gasteiger partial charge in [0.25, 0.3) is 0 Å². The van der Waals surface area contributed by atoms with Crippen molar-refractivity contribution in [1.29, 1.82) is 0 Å². The van der Waals surface area contributed by atoms with E-state index in [1.807, 2.05) is 13.0 Å². The van der Waals surface area contributed by atoms with Gasteiger partial charge in [0.05, 0.1) is 0 Å². The van der Waals surface area contributed by atoms with Crippen LogP contribution in [0.25, 0.3) is 0 Å². The van der Waals surface area contributed by atoms with Crippen LogP contribution in [-0.4, -0.2) is 11.6 Å². The van der Waals surface area contributed by atoms with Gasteiger partial charge in [-0.15, -0.1) is 0 Å². The number of Topliss-reactive ketones (excluding diaryl/α,β-unsaturated/α-hetero) is 1. The smallest absolute Gasteiger partial charge is 0.155 e. The Morgan fingerprint density at radius 1 is 1.12 bits per heavy atom. The summed E-state index contributed by atoms with van der Waals surface area (Å²) >= 11 is 0. The molecule has 0 heterocycles. The molecule has 4 aliphatic carbocycles. The summed E-state index contributed by atoms with van der Waals surface area (Å²) in [7, 11) is 0. The molecule has 0 aromatic carbocycles. The molecule has 0 N–H and O–H groups in total. The number of fused-ring (bicyclic) bond motifs is 5. The highest BCUT2D eigenvalue weighted by molar-refractivity contribution is 5.91. The first kappa shape index (κ1) is 16.5. The Labute approximate surface area is 146 Å². The number of carbonyl (C=O) groups is 2. The first-order valence-electron chi connectivity index (χ1n) is 10.0. The zero-order valence-corrected chi connectivity index (χ0v) is 15.7. The van der Waals surface area contributed by atoms with Crippen LogP contribution in [0.3, 0.4) is 0 Å². The number of carbonyl (C=O) groups excluding carboxylic acids is 2. The van der Waals surface area contributed by atoms with E-state index in [0.29, 0.717) is 23.4 Å². The average molecular weight is 328 g/mol. The molecule has 0 unspecified atom stereocenters. The maximum atomic E-state index is 12.4. The molecule has 3 saturated carbocycles. The van der Waals surface area contributed by atoms with Gasteiger partial charge in [0.2, 0.25) is 0 Å². The third-order valence-electron chi connectivity index (χ3n) is 8.74. The highest BCUT2D eigenvalue weighted by Crippen LogP contribution is 2.67. The highest BCUT2D eigenvalue weighted by atomic mass is 16.1. The molecular formula is C22H32O2. The number of allylic oxidation sites excluding steroid dienone is 1. The molecule has 2 nitrogen and oxygen atoms in total. The van der Waals surface area contributed by atoms with Crippen LogP contribution in [0.4, 0.5) is 0 Å². The largest absolute Gasteiger partial charge is 0.300 e. The van der Waals surface area contributed by atoms with Crippen LogP contribution >= 0.6 is 0 Å². The molecule has 132 valence electrons. The fourth-order valence-corrected chi connectivity index (χ4v) is 7.79. The van der Waals surface area contributed by atoms with Gasteiger partial charge in [-0.1, -0.05) is 26.3 Å². The van der Waals surface area contributed by atoms with Gasteiger partial charge in [-0.25, -0.2) is 0 Å². The van der Waals surface area contributed by atoms with Crippen molar-refractivity contribution in [3.8, 4) is 0 Å². The molecule has 0 aromatic rings. The van der Waals surface area contributed by atoms with Crippen LogP contribution in [-0.2, 0) is 9.59 Å². The molecule has 4 rings (SSSR count). The van der Waals surface area contributed by atoms with Crippen LogP contribution < -0.4 is 0 Å². The SMILES string of the molecule is CC(=O)[C@H]1[C@@H](C)C[C@H]2[C@@H]3CCC4=CC(=O)CC[C@]4(C)[C@H]3CC[C@@]21C. The zero-order chi connectivity index (χ0) is 17.3. The Morgan fingerprint density at radius 2 is 1.88 bits per heavy atom. The van der Waals surface area contributed by atoms with Crippen LogP contribution in [0.15, 0.2) is 11.6 Å². The molecule has 4 aliphatic rings. The number of hydrogen-bond acceptors (Lipinski definition) is 2. The van der Waals surface area contributed by atoms with Crippen molar-refractivity contribution in [3.63, 3.8) is 0 Å². The van der Waals surface area contributed by atoms with Crippen molar-refractivity contribution >= 4 is 11.6 Å². The summed E-state index contributed by atoms with van der Waals surface area (Å²) in [5.41, 5.74) is 1.90. The van der Waals surface area contributed by atoms with E-state index >= 15 is 0 Å². The summed E-state index contributed by atoms with van der Waals surface area (Å²) in [6.45, 7) is 8.98. The van der Waals surface area contributed by atoms with Gasteiger partial charge in [0.15, 0.2) is 5.78 Å². The zero-order valence-electron chi connectivity index (χ0n) is 15.7. The summed E-state index contributed by atoms with van der Waals surface area (Å²) in [5, 5.41) is 0. The van der Waals surface area contributed by atoms with Gasteiger partial charge in [-0.2, -0.15) is 0 Å². The Morgan fingerprint density at radius 3 is 2.58 bits per heavy atom. The minimum Gasteiger partial charge on any atom is -0.300 e. The van der Waals surface area contributed by atoms with Crippen LogP contribution in [0.2, 0.25) is 0 Å². The van der Waals surface area contributed by atoms with E-state index in [9.17, 15) is 9.59 Å². The van der Waals surface area contributed by atoms with Gasteiger partial charge in [-0.05, 0) is 86.0 Å². The van der Waals surface area contributed by atoms with Crippen molar-refractivity contribution in [3.05, 3.63) is 11.6 Å². The second-order valence-electron chi connectivity index (χ2n) is 9.81. The minimum atomic E-state index is 0.217. The molecule has 7 atom stereocenters. The summed E-state index contributed by atoms with van der Waals surface area (Å²) < 4.78 is 0. The second kappa shape index (κ2) is 5.29. The molecular weight excluding hydrogens is 296 g/mol. The fraction of sp³-hybridized carbons (Fsp3) is 0.818. The Hall–Kier alpha value is -0.920. The molecule has 24 heavy (non-hydrogen) atoms. The number of ketones is 2. The number of hydrogen-bond donors (Lipinski definition) is 0. The maximum absolute atomic E-state index is 12.4. The van der Waals surface area contributed by atoms with E-state index < -0.39 is 0 Å². The fourth-order valence-electron chi connectivity index (χ4n) is 7.79. The van der Waals surface area contributed by atoms with Gasteiger partial charge in [0, 0.05) is 12.3 Å². The summed E-state index contributed by atoms with van der Waals surface area (Å²) in [6.07, 6.45) is 9.79. The third kappa shape index (κ3) is 2.07. The van der Waals surface area contributed by atoms with Gasteiger partial charge in [0.1, 0.15) is 5.78 Å². The van der Waals surface area contributed by atoms with Crippen molar-refractivity contribution in [2.75, 3.05) is 0 Å². The van der Waals surface area contributed by atoms with Gasteiger partial charge >= 0.3 is 0 Å². The third-order valence-corrected chi connectivity index (χ3v) is 8.74. The van der Waals surface area contributed by atoms with Crippen molar-refractivity contribution in [2.24, 2.45) is 40.4 Å². The van der Waals surface area contributed by atoms with E-state index in [1.165, 1.54) is 31.3 Å². The Kier molecular flexibility index (Phi) is 3.64. The van der Waals surface area contributed by atoms with Crippen LogP contribution in [0.1, 0.15) is 72.6 Å². The Bertz CT molecular complexity index is 617. The van der Waals surface area contributed by atoms with E-state index in [4.69, 9.17) is 0 Å². The van der Waals surface area contributed by atoms with Gasteiger partial charge < -0.3 is 0 Å². The lowest BCUT2D eigenvalue weighted by atomic mass is 9.46. The molecule has 2 heteroatoms. The highest BCUT2D eigenvalue weighted by Gasteiger charge is 2.61. The molecule has 0 spiro atoms.